The summed E-state index contributed by atoms with van der Waals surface area (Å²) in [7, 11) is 2.53. The molecule has 2 atom stereocenters. The predicted octanol–water partition coefficient (Wildman–Crippen LogP) is 1.30. The number of esters is 2. The van der Waals surface area contributed by atoms with Crippen molar-refractivity contribution in [1.82, 2.24) is 0 Å². The van der Waals surface area contributed by atoms with Crippen LogP contribution in [0.1, 0.15) is 0 Å². The molecular weight excluding hydrogens is 232 g/mol. The second-order valence-corrected chi connectivity index (χ2v) is 3.68. The molecule has 1 aliphatic rings. The second kappa shape index (κ2) is 5.16. The summed E-state index contributed by atoms with van der Waals surface area (Å²) < 4.78 is 9.34. The van der Waals surface area contributed by atoms with E-state index < -0.39 is 23.3 Å². The second-order valence-electron chi connectivity index (χ2n) is 3.41. The third-order valence-electron chi connectivity index (χ3n) is 2.60. The van der Waals surface area contributed by atoms with Crippen LogP contribution in [0.2, 0.25) is 0 Å². The number of carbonyl (C=O) groups excluding carboxylic acids is 2. The Morgan fingerprint density at radius 2 is 2.00 bits per heavy atom. The maximum absolute atomic E-state index is 11.8. The van der Waals surface area contributed by atoms with Gasteiger partial charge in [-0.15, -0.1) is 11.6 Å². The molecule has 16 heavy (non-hydrogen) atoms. The quantitative estimate of drug-likeness (QED) is 0.555. The Labute approximate surface area is 98.9 Å². The first-order valence-corrected chi connectivity index (χ1v) is 5.24. The summed E-state index contributed by atoms with van der Waals surface area (Å²) in [6.45, 7) is 0. The molecule has 88 valence electrons. The van der Waals surface area contributed by atoms with E-state index in [0.29, 0.717) is 0 Å². The van der Waals surface area contributed by atoms with Crippen LogP contribution in [0.25, 0.3) is 0 Å². The van der Waals surface area contributed by atoms with E-state index in [-0.39, 0.29) is 5.88 Å². The fourth-order valence-corrected chi connectivity index (χ4v) is 2.03. The lowest BCUT2D eigenvalue weighted by molar-refractivity contribution is -0.159. The van der Waals surface area contributed by atoms with Crippen LogP contribution in [-0.2, 0) is 19.1 Å². The van der Waals surface area contributed by atoms with Crippen molar-refractivity contribution in [1.29, 1.82) is 0 Å². The first-order valence-electron chi connectivity index (χ1n) is 4.70. The zero-order chi connectivity index (χ0) is 12.2. The molecule has 0 amide bonds. The van der Waals surface area contributed by atoms with Crippen molar-refractivity contribution in [3.63, 3.8) is 0 Å². The minimum Gasteiger partial charge on any atom is -0.469 e. The van der Waals surface area contributed by atoms with Crippen LogP contribution >= 0.6 is 11.6 Å². The topological polar surface area (TPSA) is 52.6 Å². The lowest BCUT2D eigenvalue weighted by Crippen LogP contribution is -2.44. The van der Waals surface area contributed by atoms with Gasteiger partial charge in [0.15, 0.2) is 0 Å². The van der Waals surface area contributed by atoms with Gasteiger partial charge in [0, 0.05) is 5.88 Å². The SMILES string of the molecule is COC(=O)C1C=CC=CC1(CCl)C(=O)OC. The van der Waals surface area contributed by atoms with Crippen LogP contribution in [-0.4, -0.2) is 32.0 Å². The lowest BCUT2D eigenvalue weighted by Gasteiger charge is -2.32. The molecule has 0 heterocycles. The summed E-state index contributed by atoms with van der Waals surface area (Å²) in [5.74, 6) is -1.84. The number of rotatable bonds is 3. The average Bonchev–Trinajstić information content (AvgIpc) is 2.36. The van der Waals surface area contributed by atoms with Crippen molar-refractivity contribution in [3.05, 3.63) is 24.3 Å². The van der Waals surface area contributed by atoms with E-state index in [9.17, 15) is 9.59 Å². The van der Waals surface area contributed by atoms with Gasteiger partial charge in [0.1, 0.15) is 5.41 Å². The van der Waals surface area contributed by atoms with E-state index in [2.05, 4.69) is 4.74 Å². The zero-order valence-corrected chi connectivity index (χ0v) is 9.86. The van der Waals surface area contributed by atoms with Crippen LogP contribution in [0.5, 0.6) is 0 Å². The summed E-state index contributed by atoms with van der Waals surface area (Å²) in [4.78, 5) is 23.3. The molecule has 5 heteroatoms. The zero-order valence-electron chi connectivity index (χ0n) is 9.10. The summed E-state index contributed by atoms with van der Waals surface area (Å²) in [6, 6.07) is 0. The van der Waals surface area contributed by atoms with Gasteiger partial charge in [0.05, 0.1) is 20.1 Å². The molecule has 0 N–H and O–H groups in total. The highest BCUT2D eigenvalue weighted by atomic mass is 35.5. The Hall–Kier alpha value is -1.29. The van der Waals surface area contributed by atoms with Gasteiger partial charge in [0.25, 0.3) is 0 Å². The van der Waals surface area contributed by atoms with E-state index >= 15 is 0 Å². The smallest absolute Gasteiger partial charge is 0.318 e. The minimum absolute atomic E-state index is 0.0414. The summed E-state index contributed by atoms with van der Waals surface area (Å²) >= 11 is 5.81. The highest BCUT2D eigenvalue weighted by Crippen LogP contribution is 2.37. The highest BCUT2D eigenvalue weighted by Gasteiger charge is 2.48. The summed E-state index contributed by atoms with van der Waals surface area (Å²) in [5, 5.41) is 0. The molecule has 0 aromatic carbocycles. The standard InChI is InChI=1S/C11H13ClO4/c1-15-9(13)8-5-3-4-6-11(8,7-12)10(14)16-2/h3-6,8H,7H2,1-2H3. The van der Waals surface area contributed by atoms with Gasteiger partial charge in [-0.05, 0) is 0 Å². The maximum Gasteiger partial charge on any atom is 0.318 e. The molecule has 0 aliphatic heterocycles. The Morgan fingerprint density at radius 1 is 1.31 bits per heavy atom. The Morgan fingerprint density at radius 3 is 2.50 bits per heavy atom. The molecule has 4 nitrogen and oxygen atoms in total. The van der Waals surface area contributed by atoms with Gasteiger partial charge in [-0.3, -0.25) is 9.59 Å². The molecule has 1 rings (SSSR count). The number of hydrogen-bond donors (Lipinski definition) is 0. The number of alkyl halides is 1. The van der Waals surface area contributed by atoms with Gasteiger partial charge >= 0.3 is 11.9 Å². The van der Waals surface area contributed by atoms with Gasteiger partial charge in [-0.1, -0.05) is 24.3 Å². The van der Waals surface area contributed by atoms with Crippen LogP contribution in [0, 0.1) is 11.3 Å². The number of methoxy groups -OCH3 is 2. The van der Waals surface area contributed by atoms with Crippen molar-refractivity contribution in [3.8, 4) is 0 Å². The highest BCUT2D eigenvalue weighted by molar-refractivity contribution is 6.20. The normalized spacial score (nSPS) is 27.6. The first kappa shape index (κ1) is 12.8. The minimum atomic E-state index is -1.17. The van der Waals surface area contributed by atoms with Crippen molar-refractivity contribution < 1.29 is 19.1 Å². The first-order chi connectivity index (χ1) is 7.62. The van der Waals surface area contributed by atoms with Crippen LogP contribution in [0.4, 0.5) is 0 Å². The molecule has 0 fully saturated rings. The summed E-state index contributed by atoms with van der Waals surface area (Å²) in [6.07, 6.45) is 6.51. The number of halogens is 1. The monoisotopic (exact) mass is 244 g/mol. The Bertz CT molecular complexity index is 348. The van der Waals surface area contributed by atoms with Gasteiger partial charge in [-0.2, -0.15) is 0 Å². The maximum atomic E-state index is 11.8. The lowest BCUT2D eigenvalue weighted by atomic mass is 9.74. The Balaban J connectivity index is 3.13. The predicted molar refractivity (Wildman–Crippen MR) is 59.0 cm³/mol. The van der Waals surface area contributed by atoms with E-state index in [1.165, 1.54) is 14.2 Å². The number of hydrogen-bond acceptors (Lipinski definition) is 4. The number of allylic oxidation sites excluding steroid dienone is 2. The molecule has 0 bridgehead atoms. The van der Waals surface area contributed by atoms with Crippen LogP contribution in [0.15, 0.2) is 24.3 Å². The van der Waals surface area contributed by atoms with Gasteiger partial charge in [-0.25, -0.2) is 0 Å². The molecule has 0 saturated heterocycles. The van der Waals surface area contributed by atoms with Crippen molar-refractivity contribution >= 4 is 23.5 Å². The Kier molecular flexibility index (Phi) is 4.12. The van der Waals surface area contributed by atoms with Gasteiger partial charge in [0.2, 0.25) is 0 Å². The molecule has 2 unspecified atom stereocenters. The van der Waals surface area contributed by atoms with Crippen molar-refractivity contribution in [2.24, 2.45) is 11.3 Å². The van der Waals surface area contributed by atoms with E-state index in [1.54, 1.807) is 24.3 Å². The molecule has 1 aliphatic carbocycles. The van der Waals surface area contributed by atoms with Crippen molar-refractivity contribution in [2.75, 3.05) is 20.1 Å². The molecular formula is C11H13ClO4. The third-order valence-corrected chi connectivity index (χ3v) is 3.05. The largest absolute Gasteiger partial charge is 0.469 e. The molecule has 0 radical (unpaired) electrons. The van der Waals surface area contributed by atoms with Crippen LogP contribution in [0.3, 0.4) is 0 Å². The van der Waals surface area contributed by atoms with Gasteiger partial charge < -0.3 is 9.47 Å². The van der Waals surface area contributed by atoms with E-state index in [4.69, 9.17) is 16.3 Å². The fraction of sp³-hybridized carbons (Fsp3) is 0.455. The van der Waals surface area contributed by atoms with Crippen LogP contribution < -0.4 is 0 Å². The number of carbonyl (C=O) groups is 2. The fourth-order valence-electron chi connectivity index (χ4n) is 1.66. The summed E-state index contributed by atoms with van der Waals surface area (Å²) in [5.41, 5.74) is -1.17. The molecule has 0 aromatic heterocycles. The molecule has 0 spiro atoms. The molecule has 0 saturated carbocycles. The number of ether oxygens (including phenoxy) is 2. The molecule has 0 aromatic rings. The average molecular weight is 245 g/mol. The van der Waals surface area contributed by atoms with Crippen molar-refractivity contribution in [2.45, 2.75) is 0 Å². The third kappa shape index (κ3) is 1.97. The van der Waals surface area contributed by atoms with E-state index in [0.717, 1.165) is 0 Å². The van der Waals surface area contributed by atoms with E-state index in [1.807, 2.05) is 0 Å².